The van der Waals surface area contributed by atoms with E-state index in [9.17, 15) is 28.7 Å². The third kappa shape index (κ3) is 5.22. The number of aromatic nitrogens is 2. The van der Waals surface area contributed by atoms with Crippen molar-refractivity contribution in [3.8, 4) is 11.8 Å². The zero-order valence-electron chi connectivity index (χ0n) is 18.0. The third-order valence-corrected chi connectivity index (χ3v) is 6.21. The summed E-state index contributed by atoms with van der Waals surface area (Å²) in [5.74, 6) is -2.81. The van der Waals surface area contributed by atoms with E-state index < -0.39 is 29.3 Å². The number of ether oxygens (including phenoxy) is 1. The molecule has 1 amide bonds. The van der Waals surface area contributed by atoms with Gasteiger partial charge in [0.15, 0.2) is 11.2 Å². The Morgan fingerprint density at radius 3 is 2.62 bits per heavy atom. The Labute approximate surface area is 206 Å². The fourth-order valence-electron chi connectivity index (χ4n) is 3.18. The number of hydrogen-bond acceptors (Lipinski definition) is 7. The normalized spacial score (nSPS) is 13.2. The summed E-state index contributed by atoms with van der Waals surface area (Å²) < 4.78 is 36.3. The second-order valence-electron chi connectivity index (χ2n) is 7.05. The quantitative estimate of drug-likeness (QED) is 0.322. The van der Waals surface area contributed by atoms with Crippen molar-refractivity contribution in [1.29, 1.82) is 5.26 Å². The monoisotopic (exact) mass is 552 g/mol. The molecule has 2 aromatic carbocycles. The number of imidazole rings is 1. The summed E-state index contributed by atoms with van der Waals surface area (Å²) in [5.41, 5.74) is 0.878. The molecule has 0 saturated carbocycles. The van der Waals surface area contributed by atoms with Crippen LogP contribution in [0.4, 0.5) is 8.78 Å². The van der Waals surface area contributed by atoms with Crippen molar-refractivity contribution in [1.82, 2.24) is 14.9 Å². The molecule has 0 aliphatic heterocycles. The molecular formula is C22H19BrF2N4O4S. The average Bonchev–Trinajstić information content (AvgIpc) is 3.15. The predicted molar refractivity (Wildman–Crippen MR) is 125 cm³/mol. The van der Waals surface area contributed by atoms with Gasteiger partial charge in [0.25, 0.3) is 0 Å². The Morgan fingerprint density at radius 1 is 1.32 bits per heavy atom. The van der Waals surface area contributed by atoms with Gasteiger partial charge in [0, 0.05) is 10.8 Å². The number of carbonyl (C=O) groups is 2. The number of hydrogen-bond donors (Lipinski definition) is 2. The number of thioether (sulfide) groups is 1. The zero-order valence-corrected chi connectivity index (χ0v) is 20.4. The third-order valence-electron chi connectivity index (χ3n) is 4.74. The number of fused-ring (bicyclic) bond motifs is 1. The number of esters is 1. The van der Waals surface area contributed by atoms with E-state index in [4.69, 9.17) is 4.74 Å². The topological polar surface area (TPSA) is 117 Å². The number of aliphatic hydroxyl groups is 1. The van der Waals surface area contributed by atoms with Gasteiger partial charge in [-0.25, -0.2) is 9.78 Å². The standard InChI is InChI=1S/C22H19BrF2N4O4S/c1-3-33-19(31)18(12(2)30)28-20(32)22(24,25)34-21-27-11-17(23)29(21)16-9-8-13(10-26)14-6-4-5-7-15(14)16/h4-9,11-12,18,30H,3H2,1-2H3,(H,28,32). The minimum absolute atomic E-state index is 0.0485. The molecule has 1 aromatic heterocycles. The number of benzene rings is 2. The van der Waals surface area contributed by atoms with Crippen molar-refractivity contribution < 1.29 is 28.2 Å². The summed E-state index contributed by atoms with van der Waals surface area (Å²) in [7, 11) is 0. The van der Waals surface area contributed by atoms with Gasteiger partial charge < -0.3 is 15.2 Å². The lowest BCUT2D eigenvalue weighted by molar-refractivity contribution is -0.152. The highest BCUT2D eigenvalue weighted by Gasteiger charge is 2.44. The average molecular weight is 553 g/mol. The molecule has 0 fully saturated rings. The molecule has 0 aliphatic carbocycles. The van der Waals surface area contributed by atoms with Gasteiger partial charge in [-0.05, 0) is 53.7 Å². The van der Waals surface area contributed by atoms with E-state index in [0.717, 1.165) is 0 Å². The highest BCUT2D eigenvalue weighted by molar-refractivity contribution is 9.10. The van der Waals surface area contributed by atoms with Gasteiger partial charge in [-0.15, -0.1) is 0 Å². The molecule has 3 aromatic rings. The summed E-state index contributed by atoms with van der Waals surface area (Å²) in [6, 6.07) is 10.6. The maximum atomic E-state index is 14.9. The highest BCUT2D eigenvalue weighted by Crippen LogP contribution is 2.39. The van der Waals surface area contributed by atoms with E-state index >= 15 is 0 Å². The lowest BCUT2D eigenvalue weighted by Crippen LogP contribution is -2.52. The Morgan fingerprint density at radius 2 is 2.00 bits per heavy atom. The van der Waals surface area contributed by atoms with Gasteiger partial charge in [0.1, 0.15) is 4.60 Å². The largest absolute Gasteiger partial charge is 0.464 e. The number of amides is 1. The lowest BCUT2D eigenvalue weighted by atomic mass is 10.0. The van der Waals surface area contributed by atoms with Crippen molar-refractivity contribution >= 4 is 50.3 Å². The zero-order chi connectivity index (χ0) is 25.0. The van der Waals surface area contributed by atoms with Gasteiger partial charge in [-0.2, -0.15) is 14.0 Å². The molecule has 8 nitrogen and oxygen atoms in total. The van der Waals surface area contributed by atoms with Crippen LogP contribution in [0.2, 0.25) is 0 Å². The molecule has 3 rings (SSSR count). The van der Waals surface area contributed by atoms with Crippen LogP contribution in [0.5, 0.6) is 0 Å². The second kappa shape index (κ2) is 10.5. The van der Waals surface area contributed by atoms with Gasteiger partial charge in [-0.3, -0.25) is 9.36 Å². The fourth-order valence-corrected chi connectivity index (χ4v) is 4.53. The Balaban J connectivity index is 1.96. The number of rotatable bonds is 8. The molecule has 178 valence electrons. The van der Waals surface area contributed by atoms with E-state index in [2.05, 4.69) is 27.0 Å². The number of alkyl halides is 2. The summed E-state index contributed by atoms with van der Waals surface area (Å²) in [6.07, 6.45) is -0.148. The van der Waals surface area contributed by atoms with E-state index in [1.807, 2.05) is 5.32 Å². The van der Waals surface area contributed by atoms with Crippen LogP contribution in [-0.2, 0) is 14.3 Å². The molecule has 0 radical (unpaired) electrons. The molecule has 2 atom stereocenters. The maximum absolute atomic E-state index is 14.9. The van der Waals surface area contributed by atoms with Crippen LogP contribution in [0.15, 0.2) is 52.4 Å². The van der Waals surface area contributed by atoms with E-state index in [-0.39, 0.29) is 23.5 Å². The molecular weight excluding hydrogens is 534 g/mol. The SMILES string of the molecule is CCOC(=O)C(NC(=O)C(F)(F)Sc1ncc(Br)n1-c1ccc(C#N)c2ccccc12)C(C)O. The molecule has 0 bridgehead atoms. The summed E-state index contributed by atoms with van der Waals surface area (Å²) in [5, 5.41) is 18.0. The second-order valence-corrected chi connectivity index (χ2v) is 8.95. The molecule has 2 unspecified atom stereocenters. The van der Waals surface area contributed by atoms with Crippen LogP contribution in [0.1, 0.15) is 19.4 Å². The highest BCUT2D eigenvalue weighted by atomic mass is 79.9. The van der Waals surface area contributed by atoms with Crippen molar-refractivity contribution in [3.63, 3.8) is 0 Å². The Kier molecular flexibility index (Phi) is 7.91. The first kappa shape index (κ1) is 25.6. The number of carbonyl (C=O) groups excluding carboxylic acids is 2. The van der Waals surface area contributed by atoms with Crippen LogP contribution < -0.4 is 5.32 Å². The van der Waals surface area contributed by atoms with Crippen LogP contribution >= 0.6 is 27.7 Å². The molecule has 0 spiro atoms. The van der Waals surface area contributed by atoms with E-state index in [1.54, 1.807) is 36.4 Å². The first-order chi connectivity index (χ1) is 16.1. The maximum Gasteiger partial charge on any atom is 0.377 e. The predicted octanol–water partition coefficient (Wildman–Crippen LogP) is 3.77. The van der Waals surface area contributed by atoms with Crippen LogP contribution in [0.25, 0.3) is 16.5 Å². The number of nitriles is 1. The number of aliphatic hydroxyl groups excluding tert-OH is 1. The van der Waals surface area contributed by atoms with Crippen LogP contribution in [0.3, 0.4) is 0 Å². The Hall–Kier alpha value is -3.01. The van der Waals surface area contributed by atoms with Crippen molar-refractivity contribution in [2.24, 2.45) is 0 Å². The van der Waals surface area contributed by atoms with Crippen molar-refractivity contribution in [3.05, 3.63) is 52.8 Å². The number of halogens is 3. The molecule has 2 N–H and O–H groups in total. The van der Waals surface area contributed by atoms with E-state index in [1.165, 1.54) is 24.6 Å². The summed E-state index contributed by atoms with van der Waals surface area (Å²) in [6.45, 7) is 2.63. The van der Waals surface area contributed by atoms with Crippen molar-refractivity contribution in [2.45, 2.75) is 36.4 Å². The van der Waals surface area contributed by atoms with Crippen LogP contribution in [-0.4, -0.2) is 50.5 Å². The Bertz CT molecular complexity index is 1280. The molecule has 12 heteroatoms. The molecule has 0 saturated heterocycles. The van der Waals surface area contributed by atoms with Gasteiger partial charge in [0.05, 0.1) is 36.2 Å². The van der Waals surface area contributed by atoms with Gasteiger partial charge in [0.2, 0.25) is 0 Å². The molecule has 34 heavy (non-hydrogen) atoms. The van der Waals surface area contributed by atoms with Crippen molar-refractivity contribution in [2.75, 3.05) is 6.61 Å². The molecule has 1 heterocycles. The number of nitrogens with zero attached hydrogens (tertiary/aromatic N) is 3. The fraction of sp³-hybridized carbons (Fsp3) is 0.273. The molecule has 0 aliphatic rings. The first-order valence-electron chi connectivity index (χ1n) is 9.98. The minimum atomic E-state index is -4.05. The van der Waals surface area contributed by atoms with E-state index in [0.29, 0.717) is 26.6 Å². The lowest BCUT2D eigenvalue weighted by Gasteiger charge is -2.22. The number of nitrogens with one attached hydrogen (secondary N) is 1. The minimum Gasteiger partial charge on any atom is -0.464 e. The van der Waals surface area contributed by atoms with Gasteiger partial charge in [-0.1, -0.05) is 24.3 Å². The summed E-state index contributed by atoms with van der Waals surface area (Å²) in [4.78, 5) is 28.3. The summed E-state index contributed by atoms with van der Waals surface area (Å²) >= 11 is 3.17. The van der Waals surface area contributed by atoms with Gasteiger partial charge >= 0.3 is 17.1 Å². The smallest absolute Gasteiger partial charge is 0.377 e. The first-order valence-corrected chi connectivity index (χ1v) is 11.6. The van der Waals surface area contributed by atoms with Crippen LogP contribution in [0, 0.1) is 11.3 Å².